The first-order valence-corrected chi connectivity index (χ1v) is 9.46. The molecule has 2 aromatic rings. The number of aliphatic imine (C=N–C) groups is 2. The van der Waals surface area contributed by atoms with E-state index in [1.165, 1.54) is 11.0 Å². The minimum absolute atomic E-state index is 0. The molecule has 0 saturated heterocycles. The first-order chi connectivity index (χ1) is 13.2. The molecule has 142 valence electrons. The molecule has 0 bridgehead atoms. The molecule has 5 heteroatoms. The molecule has 28 heavy (non-hydrogen) atoms. The summed E-state index contributed by atoms with van der Waals surface area (Å²) >= 11 is 0. The van der Waals surface area contributed by atoms with Crippen molar-refractivity contribution in [2.24, 2.45) is 9.98 Å². The predicted molar refractivity (Wildman–Crippen MR) is 119 cm³/mol. The van der Waals surface area contributed by atoms with E-state index in [2.05, 4.69) is 73.5 Å². The van der Waals surface area contributed by atoms with Gasteiger partial charge in [-0.3, -0.25) is 19.9 Å². The van der Waals surface area contributed by atoms with Gasteiger partial charge in [0.05, 0.1) is 11.2 Å². The van der Waals surface area contributed by atoms with Gasteiger partial charge >= 0.3 is 0 Å². The molecular weight excluding hydrogens is 368 g/mol. The van der Waals surface area contributed by atoms with Crippen LogP contribution < -0.4 is 0 Å². The summed E-state index contributed by atoms with van der Waals surface area (Å²) in [7, 11) is 2.14. The number of rotatable bonds is 3. The maximum absolute atomic E-state index is 5.02. The van der Waals surface area contributed by atoms with Crippen LogP contribution in [0.25, 0.3) is 10.9 Å². The van der Waals surface area contributed by atoms with Crippen molar-refractivity contribution < 1.29 is 0 Å². The minimum Gasteiger partial charge on any atom is -0.266 e. The Bertz CT molecular complexity index is 1080. The van der Waals surface area contributed by atoms with Crippen LogP contribution in [-0.4, -0.2) is 40.2 Å². The zero-order valence-corrected chi connectivity index (χ0v) is 16.9. The summed E-state index contributed by atoms with van der Waals surface area (Å²) in [6.45, 7) is 2.05. The quantitative estimate of drug-likeness (QED) is 0.772. The van der Waals surface area contributed by atoms with Crippen LogP contribution in [0.15, 0.2) is 82.3 Å². The van der Waals surface area contributed by atoms with Gasteiger partial charge in [0.1, 0.15) is 6.17 Å². The van der Waals surface area contributed by atoms with Crippen LogP contribution in [0.2, 0.25) is 0 Å². The fourth-order valence-corrected chi connectivity index (χ4v) is 4.26. The van der Waals surface area contributed by atoms with Crippen LogP contribution in [0.1, 0.15) is 19.0 Å². The molecule has 1 aromatic heterocycles. The van der Waals surface area contributed by atoms with Crippen molar-refractivity contribution in [3.63, 3.8) is 0 Å². The average molecular weight is 391 g/mol. The van der Waals surface area contributed by atoms with Gasteiger partial charge in [0.2, 0.25) is 0 Å². The van der Waals surface area contributed by atoms with Crippen LogP contribution in [0.4, 0.5) is 0 Å². The highest BCUT2D eigenvalue weighted by atomic mass is 35.5. The molecule has 0 fully saturated rings. The van der Waals surface area contributed by atoms with Crippen molar-refractivity contribution in [3.05, 3.63) is 78.0 Å². The van der Waals surface area contributed by atoms with Crippen molar-refractivity contribution in [1.82, 2.24) is 9.88 Å². The van der Waals surface area contributed by atoms with E-state index in [9.17, 15) is 0 Å². The Morgan fingerprint density at radius 1 is 1.07 bits per heavy atom. The first-order valence-electron chi connectivity index (χ1n) is 9.46. The summed E-state index contributed by atoms with van der Waals surface area (Å²) in [5.41, 5.74) is 5.00. The molecule has 1 spiro atoms. The van der Waals surface area contributed by atoms with E-state index in [0.717, 1.165) is 35.5 Å². The summed E-state index contributed by atoms with van der Waals surface area (Å²) in [6, 6.07) is 12.5. The van der Waals surface area contributed by atoms with Crippen LogP contribution in [-0.2, 0) is 6.42 Å². The van der Waals surface area contributed by atoms with Crippen molar-refractivity contribution in [1.29, 1.82) is 0 Å². The number of dihydropyridines is 1. The topological polar surface area (TPSA) is 40.9 Å². The van der Waals surface area contributed by atoms with Crippen molar-refractivity contribution in [2.45, 2.75) is 31.6 Å². The number of aromatic nitrogens is 1. The van der Waals surface area contributed by atoms with Crippen LogP contribution in [0, 0.1) is 0 Å². The van der Waals surface area contributed by atoms with Crippen molar-refractivity contribution in [3.8, 4) is 0 Å². The van der Waals surface area contributed by atoms with Crippen LogP contribution in [0.5, 0.6) is 0 Å². The zero-order valence-electron chi connectivity index (χ0n) is 16.0. The largest absolute Gasteiger partial charge is 0.266 e. The molecule has 3 aliphatic rings. The third kappa shape index (κ3) is 2.84. The summed E-state index contributed by atoms with van der Waals surface area (Å²) in [4.78, 5) is 17.2. The van der Waals surface area contributed by atoms with E-state index in [4.69, 9.17) is 15.0 Å². The first kappa shape index (κ1) is 18.8. The monoisotopic (exact) mass is 390 g/mol. The van der Waals surface area contributed by atoms with Gasteiger partial charge in [-0.2, -0.15) is 0 Å². The highest BCUT2D eigenvalue weighted by Crippen LogP contribution is 2.40. The molecule has 2 atom stereocenters. The summed E-state index contributed by atoms with van der Waals surface area (Å²) in [6.07, 6.45) is 12.5. The van der Waals surface area contributed by atoms with E-state index in [0.29, 0.717) is 0 Å². The molecule has 0 radical (unpaired) electrons. The van der Waals surface area contributed by atoms with Crippen molar-refractivity contribution >= 4 is 34.7 Å². The van der Waals surface area contributed by atoms with Crippen molar-refractivity contribution in [2.75, 3.05) is 7.05 Å². The summed E-state index contributed by atoms with van der Waals surface area (Å²) in [5, 5.41) is 1.18. The number of likely N-dealkylation sites (N-methyl/N-ethyl adjacent to an activating group) is 1. The third-order valence-electron chi connectivity index (χ3n) is 5.69. The minimum atomic E-state index is -0.449. The molecule has 0 amide bonds. The van der Waals surface area contributed by atoms with Gasteiger partial charge in [-0.25, -0.2) is 0 Å². The Morgan fingerprint density at radius 2 is 1.93 bits per heavy atom. The Balaban J connectivity index is 0.00000192. The Hall–Kier alpha value is -2.56. The smallest absolute Gasteiger partial charge is 0.182 e. The summed E-state index contributed by atoms with van der Waals surface area (Å²) < 4.78 is 0. The maximum Gasteiger partial charge on any atom is 0.182 e. The number of benzene rings is 1. The number of nitrogens with zero attached hydrogens (tertiary/aromatic N) is 4. The molecule has 5 rings (SSSR count). The number of aryl methyl sites for hydroxylation is 1. The average Bonchev–Trinajstić information content (AvgIpc) is 2.96. The Labute approximate surface area is 171 Å². The SMILES string of the molecule is CC1=NC23C(=CC=CC2=NC(CCc2ccc4ccccc4n2)N3C)C=C1.Cl. The number of fused-ring (bicyclic) bond motifs is 1. The molecule has 1 aliphatic carbocycles. The second-order valence-corrected chi connectivity index (χ2v) is 7.38. The lowest BCUT2D eigenvalue weighted by atomic mass is 9.87. The van der Waals surface area contributed by atoms with Gasteiger partial charge in [-0.15, -0.1) is 12.4 Å². The third-order valence-corrected chi connectivity index (χ3v) is 5.69. The molecule has 0 N–H and O–H groups in total. The highest BCUT2D eigenvalue weighted by Gasteiger charge is 2.50. The van der Waals surface area contributed by atoms with E-state index in [-0.39, 0.29) is 18.6 Å². The number of pyridine rings is 1. The van der Waals surface area contributed by atoms with Gasteiger partial charge in [0.15, 0.2) is 5.66 Å². The van der Waals surface area contributed by atoms with Gasteiger partial charge in [-0.1, -0.05) is 42.5 Å². The Morgan fingerprint density at radius 3 is 2.82 bits per heavy atom. The number of hydrogen-bond acceptors (Lipinski definition) is 4. The second kappa shape index (κ2) is 7.12. The molecule has 3 heterocycles. The van der Waals surface area contributed by atoms with Gasteiger partial charge < -0.3 is 0 Å². The normalized spacial score (nSPS) is 25.5. The zero-order chi connectivity index (χ0) is 18.4. The Kier molecular flexibility index (Phi) is 4.77. The number of para-hydroxylation sites is 1. The van der Waals surface area contributed by atoms with E-state index < -0.39 is 5.66 Å². The standard InChI is InChI=1S/C23H22N4.ClH/c1-16-10-12-18-7-5-9-21-23(18,26-16)27(2)22(25-21)15-14-19-13-11-17-6-3-4-8-20(17)24-19;/h3-13,22H,14-15H2,1-2H3;1H. The number of hydrogen-bond donors (Lipinski definition) is 0. The van der Waals surface area contributed by atoms with E-state index in [1.54, 1.807) is 0 Å². The second-order valence-electron chi connectivity index (χ2n) is 7.38. The predicted octanol–water partition coefficient (Wildman–Crippen LogP) is 4.52. The molecule has 0 saturated carbocycles. The summed E-state index contributed by atoms with van der Waals surface area (Å²) in [5.74, 6) is 0. The molecule has 1 aromatic carbocycles. The lowest BCUT2D eigenvalue weighted by molar-refractivity contribution is 0.184. The molecule has 2 aliphatic heterocycles. The lowest BCUT2D eigenvalue weighted by Crippen LogP contribution is -2.52. The molecule has 2 unspecified atom stereocenters. The van der Waals surface area contributed by atoms with Gasteiger partial charge in [-0.05, 0) is 51.1 Å². The van der Waals surface area contributed by atoms with Crippen LogP contribution >= 0.6 is 12.4 Å². The van der Waals surface area contributed by atoms with E-state index in [1.807, 2.05) is 12.1 Å². The molecular formula is C23H23ClN4. The van der Waals surface area contributed by atoms with Crippen LogP contribution in [0.3, 0.4) is 0 Å². The fraction of sp³-hybridized carbons (Fsp3) is 0.261. The maximum atomic E-state index is 5.02. The van der Waals surface area contributed by atoms with Gasteiger partial charge in [0, 0.05) is 22.4 Å². The highest BCUT2D eigenvalue weighted by molar-refractivity contribution is 6.11. The fourth-order valence-electron chi connectivity index (χ4n) is 4.26. The molecule has 4 nitrogen and oxygen atoms in total. The lowest BCUT2D eigenvalue weighted by Gasteiger charge is -2.39. The number of halogens is 1. The number of allylic oxidation sites excluding steroid dienone is 3. The van der Waals surface area contributed by atoms with Gasteiger partial charge in [0.25, 0.3) is 0 Å². The van der Waals surface area contributed by atoms with E-state index >= 15 is 0 Å².